The maximum absolute atomic E-state index is 6.82. The predicted molar refractivity (Wildman–Crippen MR) is 159 cm³/mol. The van der Waals surface area contributed by atoms with E-state index in [-0.39, 0.29) is 0 Å². The SMILES string of the molecule is COc1cc(OC)c(Cl)c(-c2cc3cnc(NCCN4CCOCC4)nc3n3c(Cc4ccc(N)cc4)nnc23)c1. The number of nitrogen functional groups attached to an aromatic ring is 1. The van der Waals surface area contributed by atoms with Gasteiger partial charge in [-0.1, -0.05) is 23.7 Å². The van der Waals surface area contributed by atoms with Gasteiger partial charge >= 0.3 is 0 Å². The van der Waals surface area contributed by atoms with Crippen molar-refractivity contribution in [3.05, 3.63) is 65.1 Å². The number of ether oxygens (including phenoxy) is 3. The highest BCUT2D eigenvalue weighted by Crippen LogP contribution is 2.41. The third kappa shape index (κ3) is 5.56. The number of nitrogens with zero attached hydrogens (tertiary/aromatic N) is 6. The molecule has 0 radical (unpaired) electrons. The van der Waals surface area contributed by atoms with E-state index in [1.807, 2.05) is 40.8 Å². The van der Waals surface area contributed by atoms with Crippen LogP contribution in [0.25, 0.3) is 27.8 Å². The first-order valence-electron chi connectivity index (χ1n) is 13.4. The number of fused-ring (bicyclic) bond motifs is 3. The van der Waals surface area contributed by atoms with Crippen molar-refractivity contribution in [3.8, 4) is 22.6 Å². The van der Waals surface area contributed by atoms with E-state index in [0.29, 0.717) is 58.0 Å². The van der Waals surface area contributed by atoms with Crippen LogP contribution >= 0.6 is 11.6 Å². The van der Waals surface area contributed by atoms with Crippen LogP contribution in [-0.4, -0.2) is 83.1 Å². The molecule has 11 nitrogen and oxygen atoms in total. The molecule has 12 heteroatoms. The number of hydrogen-bond acceptors (Lipinski definition) is 10. The molecular weight excluding hydrogens is 544 g/mol. The second kappa shape index (κ2) is 11.7. The fourth-order valence-electron chi connectivity index (χ4n) is 5.00. The van der Waals surface area contributed by atoms with E-state index < -0.39 is 0 Å². The Morgan fingerprint density at radius 3 is 2.56 bits per heavy atom. The maximum Gasteiger partial charge on any atom is 0.224 e. The van der Waals surface area contributed by atoms with Crippen LogP contribution in [0.3, 0.4) is 0 Å². The Labute approximate surface area is 242 Å². The molecule has 1 aliphatic rings. The Balaban J connectivity index is 1.46. The fraction of sp³-hybridized carbons (Fsp3) is 0.310. The molecule has 0 bridgehead atoms. The lowest BCUT2D eigenvalue weighted by Crippen LogP contribution is -2.39. The van der Waals surface area contributed by atoms with Crippen molar-refractivity contribution in [1.82, 2.24) is 29.5 Å². The minimum Gasteiger partial charge on any atom is -0.497 e. The molecule has 0 atom stereocenters. The average Bonchev–Trinajstić information content (AvgIpc) is 3.42. The summed E-state index contributed by atoms with van der Waals surface area (Å²) >= 11 is 6.82. The minimum atomic E-state index is 0.444. The number of morpholine rings is 1. The Bertz CT molecular complexity index is 1690. The lowest BCUT2D eigenvalue weighted by atomic mass is 10.0. The van der Waals surface area contributed by atoms with E-state index in [0.717, 1.165) is 55.2 Å². The lowest BCUT2D eigenvalue weighted by molar-refractivity contribution is 0.0398. The number of methoxy groups -OCH3 is 2. The van der Waals surface area contributed by atoms with Gasteiger partial charge in [0.15, 0.2) is 11.3 Å². The molecule has 0 aliphatic carbocycles. The van der Waals surface area contributed by atoms with Gasteiger partial charge in [0, 0.05) is 67.1 Å². The maximum atomic E-state index is 6.82. The first kappa shape index (κ1) is 27.0. The summed E-state index contributed by atoms with van der Waals surface area (Å²) in [5.74, 6) is 2.36. The molecule has 6 rings (SSSR count). The van der Waals surface area contributed by atoms with Crippen LogP contribution in [0, 0.1) is 0 Å². The largest absolute Gasteiger partial charge is 0.497 e. The molecule has 0 saturated carbocycles. The van der Waals surface area contributed by atoms with Crippen LogP contribution in [0.2, 0.25) is 5.02 Å². The van der Waals surface area contributed by atoms with Crippen LogP contribution in [0.1, 0.15) is 11.4 Å². The van der Waals surface area contributed by atoms with Crippen molar-refractivity contribution in [3.63, 3.8) is 0 Å². The molecule has 1 fully saturated rings. The highest BCUT2D eigenvalue weighted by molar-refractivity contribution is 6.35. The predicted octanol–water partition coefficient (Wildman–Crippen LogP) is 3.93. The Kier molecular flexibility index (Phi) is 7.73. The third-order valence-electron chi connectivity index (χ3n) is 7.19. The molecule has 5 aromatic rings. The van der Waals surface area contributed by atoms with E-state index >= 15 is 0 Å². The molecule has 2 aromatic carbocycles. The van der Waals surface area contributed by atoms with Gasteiger partial charge in [0.2, 0.25) is 5.95 Å². The van der Waals surface area contributed by atoms with Gasteiger partial charge in [0.05, 0.1) is 32.5 Å². The van der Waals surface area contributed by atoms with Crippen LogP contribution in [0.5, 0.6) is 11.5 Å². The number of pyridine rings is 1. The number of nitrogens with one attached hydrogen (secondary N) is 1. The average molecular weight is 575 g/mol. The van der Waals surface area contributed by atoms with Crippen molar-refractivity contribution >= 4 is 39.9 Å². The number of nitrogens with two attached hydrogens (primary N) is 1. The van der Waals surface area contributed by atoms with Gasteiger partial charge in [0.25, 0.3) is 0 Å². The summed E-state index contributed by atoms with van der Waals surface area (Å²) < 4.78 is 18.5. The van der Waals surface area contributed by atoms with Crippen molar-refractivity contribution in [1.29, 1.82) is 0 Å². The molecule has 1 saturated heterocycles. The number of halogens is 1. The zero-order valence-electron chi connectivity index (χ0n) is 22.9. The summed E-state index contributed by atoms with van der Waals surface area (Å²) in [6, 6.07) is 13.3. The van der Waals surface area contributed by atoms with Crippen LogP contribution < -0.4 is 20.5 Å². The van der Waals surface area contributed by atoms with Gasteiger partial charge in [-0.2, -0.15) is 4.98 Å². The summed E-state index contributed by atoms with van der Waals surface area (Å²) in [6.07, 6.45) is 2.33. The molecule has 4 heterocycles. The molecule has 3 aromatic heterocycles. The summed E-state index contributed by atoms with van der Waals surface area (Å²) in [5, 5.41) is 13.8. The van der Waals surface area contributed by atoms with E-state index in [4.69, 9.17) is 36.5 Å². The highest BCUT2D eigenvalue weighted by Gasteiger charge is 2.21. The Morgan fingerprint density at radius 2 is 1.80 bits per heavy atom. The van der Waals surface area contributed by atoms with Crippen molar-refractivity contribution in [2.24, 2.45) is 0 Å². The highest BCUT2D eigenvalue weighted by atomic mass is 35.5. The smallest absolute Gasteiger partial charge is 0.224 e. The van der Waals surface area contributed by atoms with Gasteiger partial charge in [-0.25, -0.2) is 4.98 Å². The van der Waals surface area contributed by atoms with Gasteiger partial charge in [0.1, 0.15) is 17.3 Å². The van der Waals surface area contributed by atoms with Crippen molar-refractivity contribution < 1.29 is 14.2 Å². The monoisotopic (exact) mass is 574 g/mol. The second-order valence-electron chi connectivity index (χ2n) is 9.80. The number of hydrogen-bond donors (Lipinski definition) is 2. The molecular formula is C29H31ClN8O3. The zero-order valence-corrected chi connectivity index (χ0v) is 23.7. The van der Waals surface area contributed by atoms with Gasteiger partial charge < -0.3 is 25.3 Å². The molecule has 0 amide bonds. The van der Waals surface area contributed by atoms with Gasteiger partial charge in [-0.3, -0.25) is 9.30 Å². The standard InChI is InChI=1S/C29H31ClN8O3/c1-39-21-15-22(26(30)24(16-21)40-2)23-14-19-17-33-29(32-7-8-37-9-11-41-12-10-37)34-27(19)38-25(35-36-28(23)38)13-18-3-5-20(31)6-4-18/h3-6,14-17H,7-13,31H2,1-2H3,(H,32,33,34). The van der Waals surface area contributed by atoms with Crippen molar-refractivity contribution in [2.45, 2.75) is 6.42 Å². The number of anilines is 2. The molecule has 212 valence electrons. The summed E-state index contributed by atoms with van der Waals surface area (Å²) in [5.41, 5.74) is 10.4. The Morgan fingerprint density at radius 1 is 1.00 bits per heavy atom. The summed E-state index contributed by atoms with van der Waals surface area (Å²) in [6.45, 7) is 4.98. The van der Waals surface area contributed by atoms with Crippen LogP contribution in [0.4, 0.5) is 11.6 Å². The third-order valence-corrected chi connectivity index (χ3v) is 7.58. The first-order chi connectivity index (χ1) is 20.0. The van der Waals surface area contributed by atoms with E-state index in [9.17, 15) is 0 Å². The molecule has 1 aliphatic heterocycles. The fourth-order valence-corrected chi connectivity index (χ4v) is 5.29. The lowest BCUT2D eigenvalue weighted by Gasteiger charge is -2.26. The van der Waals surface area contributed by atoms with Crippen LogP contribution in [0.15, 0.2) is 48.7 Å². The molecule has 3 N–H and O–H groups in total. The topological polar surface area (TPSA) is 125 Å². The van der Waals surface area contributed by atoms with E-state index in [1.165, 1.54) is 0 Å². The van der Waals surface area contributed by atoms with E-state index in [2.05, 4.69) is 25.4 Å². The minimum absolute atomic E-state index is 0.444. The number of rotatable bonds is 9. The van der Waals surface area contributed by atoms with Gasteiger partial charge in [-0.15, -0.1) is 10.2 Å². The van der Waals surface area contributed by atoms with Crippen molar-refractivity contribution in [2.75, 3.05) is 64.7 Å². The quantitative estimate of drug-likeness (QED) is 0.250. The zero-order chi connectivity index (χ0) is 28.3. The summed E-state index contributed by atoms with van der Waals surface area (Å²) in [7, 11) is 3.18. The van der Waals surface area contributed by atoms with E-state index in [1.54, 1.807) is 26.5 Å². The number of aromatic nitrogens is 5. The summed E-state index contributed by atoms with van der Waals surface area (Å²) in [4.78, 5) is 11.9. The number of benzene rings is 2. The van der Waals surface area contributed by atoms with Gasteiger partial charge in [-0.05, 0) is 29.8 Å². The van der Waals surface area contributed by atoms with Crippen LogP contribution in [-0.2, 0) is 11.2 Å². The first-order valence-corrected chi connectivity index (χ1v) is 13.8. The second-order valence-corrected chi connectivity index (χ2v) is 10.2. The molecule has 0 spiro atoms. The molecule has 41 heavy (non-hydrogen) atoms. The normalized spacial score (nSPS) is 14.0. The Hall–Kier alpha value is -4.19. The molecule has 0 unspecified atom stereocenters.